The van der Waals surface area contributed by atoms with Gasteiger partial charge in [0.1, 0.15) is 5.82 Å². The Balaban J connectivity index is 1.66. The quantitative estimate of drug-likeness (QED) is 0.927. The van der Waals surface area contributed by atoms with E-state index in [4.69, 9.17) is 0 Å². The van der Waals surface area contributed by atoms with Crippen LogP contribution < -0.4 is 10.2 Å². The van der Waals surface area contributed by atoms with Gasteiger partial charge in [-0.25, -0.2) is 4.39 Å². The Kier molecular flexibility index (Phi) is 4.04. The van der Waals surface area contributed by atoms with Gasteiger partial charge in [0.05, 0.1) is 17.9 Å². The molecule has 0 bridgehead atoms. The molecular formula is C17H20FN3. The molecule has 0 saturated carbocycles. The van der Waals surface area contributed by atoms with Gasteiger partial charge in [-0.2, -0.15) is 0 Å². The molecule has 1 aliphatic heterocycles. The molecule has 0 atom stereocenters. The summed E-state index contributed by atoms with van der Waals surface area (Å²) < 4.78 is 14.2. The number of hydrogen-bond acceptors (Lipinski definition) is 3. The van der Waals surface area contributed by atoms with Gasteiger partial charge < -0.3 is 10.2 Å². The number of nitrogens with zero attached hydrogens (tertiary/aromatic N) is 2. The van der Waals surface area contributed by atoms with Crippen LogP contribution in [0.5, 0.6) is 0 Å². The summed E-state index contributed by atoms with van der Waals surface area (Å²) in [7, 11) is 0. The monoisotopic (exact) mass is 285 g/mol. The molecule has 1 aromatic carbocycles. The number of pyridine rings is 1. The molecule has 0 radical (unpaired) electrons. The lowest BCUT2D eigenvalue weighted by Crippen LogP contribution is -2.19. The Hall–Kier alpha value is -2.10. The van der Waals surface area contributed by atoms with E-state index in [0.717, 1.165) is 42.9 Å². The standard InChI is InChI=1S/C17H20FN3/c1-13-4-5-15(19-11-13)12-20-14-6-7-17(16(18)10-14)21-8-2-3-9-21/h4-7,10-11,20H,2-3,8-9,12H2,1H3. The summed E-state index contributed by atoms with van der Waals surface area (Å²) in [6.07, 6.45) is 4.14. The van der Waals surface area contributed by atoms with Crippen molar-refractivity contribution in [1.29, 1.82) is 0 Å². The van der Waals surface area contributed by atoms with Crippen LogP contribution in [-0.2, 0) is 6.54 Å². The molecule has 3 rings (SSSR count). The molecule has 1 aromatic heterocycles. The zero-order chi connectivity index (χ0) is 14.7. The highest BCUT2D eigenvalue weighted by molar-refractivity contribution is 5.56. The van der Waals surface area contributed by atoms with E-state index in [0.29, 0.717) is 12.2 Å². The van der Waals surface area contributed by atoms with E-state index in [1.54, 1.807) is 6.07 Å². The average molecular weight is 285 g/mol. The molecule has 0 spiro atoms. The van der Waals surface area contributed by atoms with Crippen LogP contribution in [0.3, 0.4) is 0 Å². The summed E-state index contributed by atoms with van der Waals surface area (Å²) in [5, 5.41) is 3.22. The van der Waals surface area contributed by atoms with Gasteiger partial charge in [-0.05, 0) is 49.6 Å². The number of hydrogen-bond donors (Lipinski definition) is 1. The van der Waals surface area contributed by atoms with Crippen LogP contribution in [0.4, 0.5) is 15.8 Å². The highest BCUT2D eigenvalue weighted by Crippen LogP contribution is 2.26. The fourth-order valence-electron chi connectivity index (χ4n) is 2.63. The first-order valence-electron chi connectivity index (χ1n) is 7.42. The molecule has 21 heavy (non-hydrogen) atoms. The normalized spacial score (nSPS) is 14.5. The maximum Gasteiger partial charge on any atom is 0.148 e. The second-order valence-electron chi connectivity index (χ2n) is 5.54. The third-order valence-electron chi connectivity index (χ3n) is 3.84. The predicted molar refractivity (Wildman–Crippen MR) is 84.1 cm³/mol. The Bertz CT molecular complexity index is 604. The zero-order valence-electron chi connectivity index (χ0n) is 12.3. The molecule has 1 N–H and O–H groups in total. The SMILES string of the molecule is Cc1ccc(CNc2ccc(N3CCCC3)c(F)c2)nc1. The van der Waals surface area contributed by atoms with Gasteiger partial charge in [0, 0.05) is 25.0 Å². The number of nitrogens with one attached hydrogen (secondary N) is 1. The van der Waals surface area contributed by atoms with E-state index in [1.807, 2.05) is 37.4 Å². The number of aryl methyl sites for hydroxylation is 1. The Morgan fingerprint density at radius 2 is 2.00 bits per heavy atom. The highest BCUT2D eigenvalue weighted by atomic mass is 19.1. The van der Waals surface area contributed by atoms with Gasteiger partial charge in [0.2, 0.25) is 0 Å². The number of halogens is 1. The number of benzene rings is 1. The third kappa shape index (κ3) is 3.32. The maximum atomic E-state index is 14.2. The molecule has 1 aliphatic rings. The van der Waals surface area contributed by atoms with Crippen LogP contribution in [0, 0.1) is 12.7 Å². The van der Waals surface area contributed by atoms with Crippen molar-refractivity contribution in [3.63, 3.8) is 0 Å². The Morgan fingerprint density at radius 1 is 1.19 bits per heavy atom. The lowest BCUT2D eigenvalue weighted by Gasteiger charge is -2.19. The Morgan fingerprint density at radius 3 is 2.67 bits per heavy atom. The van der Waals surface area contributed by atoms with Gasteiger partial charge in [-0.3, -0.25) is 4.98 Å². The van der Waals surface area contributed by atoms with Gasteiger partial charge in [0.25, 0.3) is 0 Å². The maximum absolute atomic E-state index is 14.2. The first-order valence-corrected chi connectivity index (χ1v) is 7.42. The van der Waals surface area contributed by atoms with Crippen LogP contribution in [0.15, 0.2) is 36.5 Å². The van der Waals surface area contributed by atoms with Crippen molar-refractivity contribution in [1.82, 2.24) is 4.98 Å². The number of anilines is 2. The van der Waals surface area contributed by atoms with E-state index in [2.05, 4.69) is 15.2 Å². The van der Waals surface area contributed by atoms with Gasteiger partial charge in [-0.15, -0.1) is 0 Å². The first kappa shape index (κ1) is 13.9. The minimum atomic E-state index is -0.154. The molecular weight excluding hydrogens is 265 g/mol. The molecule has 3 nitrogen and oxygen atoms in total. The van der Waals surface area contributed by atoms with E-state index < -0.39 is 0 Å². The van der Waals surface area contributed by atoms with Crippen molar-refractivity contribution in [2.24, 2.45) is 0 Å². The fourth-order valence-corrected chi connectivity index (χ4v) is 2.63. The van der Waals surface area contributed by atoms with Crippen LogP contribution in [0.25, 0.3) is 0 Å². The third-order valence-corrected chi connectivity index (χ3v) is 3.84. The van der Waals surface area contributed by atoms with Crippen molar-refractivity contribution < 1.29 is 4.39 Å². The molecule has 1 fully saturated rings. The molecule has 110 valence electrons. The second kappa shape index (κ2) is 6.12. The van der Waals surface area contributed by atoms with Crippen LogP contribution in [0.1, 0.15) is 24.1 Å². The van der Waals surface area contributed by atoms with Crippen molar-refractivity contribution >= 4 is 11.4 Å². The number of rotatable bonds is 4. The van der Waals surface area contributed by atoms with E-state index in [9.17, 15) is 4.39 Å². The predicted octanol–water partition coefficient (Wildman–Crippen LogP) is 3.74. The highest BCUT2D eigenvalue weighted by Gasteiger charge is 2.16. The van der Waals surface area contributed by atoms with Crippen molar-refractivity contribution in [2.45, 2.75) is 26.3 Å². The van der Waals surface area contributed by atoms with Crippen molar-refractivity contribution in [3.05, 3.63) is 53.6 Å². The molecule has 1 saturated heterocycles. The van der Waals surface area contributed by atoms with E-state index in [-0.39, 0.29) is 5.82 Å². The largest absolute Gasteiger partial charge is 0.379 e. The lowest BCUT2D eigenvalue weighted by atomic mass is 10.2. The minimum Gasteiger partial charge on any atom is -0.379 e. The van der Waals surface area contributed by atoms with Crippen molar-refractivity contribution in [2.75, 3.05) is 23.3 Å². The van der Waals surface area contributed by atoms with Crippen LogP contribution in [0.2, 0.25) is 0 Å². The molecule has 0 unspecified atom stereocenters. The summed E-state index contributed by atoms with van der Waals surface area (Å²) in [5.41, 5.74) is 3.59. The van der Waals surface area contributed by atoms with Crippen LogP contribution in [-0.4, -0.2) is 18.1 Å². The summed E-state index contributed by atoms with van der Waals surface area (Å²) in [6.45, 7) is 4.52. The number of aromatic nitrogens is 1. The summed E-state index contributed by atoms with van der Waals surface area (Å²) in [6, 6.07) is 9.39. The Labute approximate surface area is 124 Å². The van der Waals surface area contributed by atoms with Crippen molar-refractivity contribution in [3.8, 4) is 0 Å². The topological polar surface area (TPSA) is 28.2 Å². The summed E-state index contributed by atoms with van der Waals surface area (Å²) in [5.74, 6) is -0.154. The van der Waals surface area contributed by atoms with E-state index in [1.165, 1.54) is 0 Å². The summed E-state index contributed by atoms with van der Waals surface area (Å²) in [4.78, 5) is 6.44. The van der Waals surface area contributed by atoms with Gasteiger partial charge >= 0.3 is 0 Å². The molecule has 4 heteroatoms. The molecule has 0 amide bonds. The molecule has 0 aliphatic carbocycles. The molecule has 2 aromatic rings. The smallest absolute Gasteiger partial charge is 0.148 e. The minimum absolute atomic E-state index is 0.154. The zero-order valence-corrected chi connectivity index (χ0v) is 12.3. The lowest BCUT2D eigenvalue weighted by molar-refractivity contribution is 0.623. The first-order chi connectivity index (χ1) is 10.2. The van der Waals surface area contributed by atoms with Gasteiger partial charge in [-0.1, -0.05) is 6.07 Å². The fraction of sp³-hybridized carbons (Fsp3) is 0.353. The second-order valence-corrected chi connectivity index (χ2v) is 5.54. The average Bonchev–Trinajstić information content (AvgIpc) is 3.01. The summed E-state index contributed by atoms with van der Waals surface area (Å²) >= 11 is 0. The molecule has 2 heterocycles. The van der Waals surface area contributed by atoms with Gasteiger partial charge in [0.15, 0.2) is 0 Å². The van der Waals surface area contributed by atoms with Crippen LogP contribution >= 0.6 is 0 Å². The van der Waals surface area contributed by atoms with E-state index >= 15 is 0 Å².